The quantitative estimate of drug-likeness (QED) is 0.160. The van der Waals surface area contributed by atoms with Gasteiger partial charge in [0.05, 0.1) is 11.0 Å². The van der Waals surface area contributed by atoms with E-state index in [1.165, 1.54) is 109 Å². The summed E-state index contributed by atoms with van der Waals surface area (Å²) in [6.45, 7) is 0. The minimum Gasteiger partial charge on any atom is -0.309 e. The molecule has 11 aromatic carbocycles. The van der Waals surface area contributed by atoms with Crippen LogP contribution < -0.4 is 0 Å². The number of fused-ring (bicyclic) bond motifs is 10. The Morgan fingerprint density at radius 1 is 0.263 bits per heavy atom. The Bertz CT molecular complexity index is 3500. The van der Waals surface area contributed by atoms with E-state index >= 15 is 0 Å². The molecule has 0 aliphatic rings. The number of aromatic nitrogens is 1. The van der Waals surface area contributed by atoms with E-state index in [9.17, 15) is 0 Å². The number of hydrogen-bond acceptors (Lipinski definition) is 0. The van der Waals surface area contributed by atoms with Gasteiger partial charge in [0.1, 0.15) is 0 Å². The molecule has 264 valence electrons. The average Bonchev–Trinajstić information content (AvgIpc) is 3.63. The molecule has 12 rings (SSSR count). The van der Waals surface area contributed by atoms with Crippen molar-refractivity contribution < 1.29 is 0 Å². The summed E-state index contributed by atoms with van der Waals surface area (Å²) in [4.78, 5) is 0. The molecule has 0 unspecified atom stereocenters. The van der Waals surface area contributed by atoms with Crippen LogP contribution in [0.3, 0.4) is 0 Å². The lowest BCUT2D eigenvalue weighted by Gasteiger charge is -2.18. The minimum absolute atomic E-state index is 1.16. The summed E-state index contributed by atoms with van der Waals surface area (Å²) < 4.78 is 2.46. The Morgan fingerprint density at radius 3 is 1.42 bits per heavy atom. The van der Waals surface area contributed by atoms with Gasteiger partial charge in [0.2, 0.25) is 0 Å². The normalized spacial score (nSPS) is 11.9. The first kappa shape index (κ1) is 31.8. The molecule has 0 aliphatic heterocycles. The fourth-order valence-corrected chi connectivity index (χ4v) is 9.64. The highest BCUT2D eigenvalue weighted by molar-refractivity contribution is 6.30. The zero-order valence-electron chi connectivity index (χ0n) is 31.2. The van der Waals surface area contributed by atoms with Gasteiger partial charge in [-0.3, -0.25) is 0 Å². The molecule has 0 aliphatic carbocycles. The Morgan fingerprint density at radius 2 is 0.737 bits per heavy atom. The maximum Gasteiger partial charge on any atom is 0.0553 e. The SMILES string of the molecule is c1ccc(-n2c3ccc4ccccc4c3c3c4ccccc4c(-c4ccc(-c5c6ccccc6c(-c6ccc7ccccc7c6)c6ccccc56)cc4)cc32)cc1. The number of para-hydroxylation sites is 1. The molecule has 1 heteroatoms. The highest BCUT2D eigenvalue weighted by Crippen LogP contribution is 2.46. The highest BCUT2D eigenvalue weighted by atomic mass is 15.0. The fourth-order valence-electron chi connectivity index (χ4n) is 9.64. The van der Waals surface area contributed by atoms with E-state index in [0.717, 1.165) is 5.69 Å². The van der Waals surface area contributed by atoms with Crippen LogP contribution in [0.4, 0.5) is 0 Å². The van der Waals surface area contributed by atoms with Crippen LogP contribution in [0.2, 0.25) is 0 Å². The van der Waals surface area contributed by atoms with Gasteiger partial charge >= 0.3 is 0 Å². The van der Waals surface area contributed by atoms with Gasteiger partial charge in [-0.2, -0.15) is 0 Å². The maximum absolute atomic E-state index is 2.46. The van der Waals surface area contributed by atoms with Crippen molar-refractivity contribution in [1.82, 2.24) is 4.57 Å². The third-order valence-corrected chi connectivity index (χ3v) is 12.1. The summed E-state index contributed by atoms with van der Waals surface area (Å²) in [6.07, 6.45) is 0. The Kier molecular flexibility index (Phi) is 7.00. The van der Waals surface area contributed by atoms with E-state index in [0.29, 0.717) is 0 Å². The smallest absolute Gasteiger partial charge is 0.0553 e. The Hall–Kier alpha value is -7.48. The largest absolute Gasteiger partial charge is 0.309 e. The molecule has 57 heavy (non-hydrogen) atoms. The molecule has 1 heterocycles. The molecule has 1 nitrogen and oxygen atoms in total. The summed E-state index contributed by atoms with van der Waals surface area (Å²) >= 11 is 0. The van der Waals surface area contributed by atoms with Crippen LogP contribution in [-0.2, 0) is 0 Å². The van der Waals surface area contributed by atoms with Crippen molar-refractivity contribution in [3.8, 4) is 39.1 Å². The molecule has 12 aromatic rings. The van der Waals surface area contributed by atoms with E-state index in [-0.39, 0.29) is 0 Å². The van der Waals surface area contributed by atoms with Crippen molar-refractivity contribution in [3.63, 3.8) is 0 Å². The molecular formula is C56H35N. The van der Waals surface area contributed by atoms with Gasteiger partial charge in [-0.05, 0) is 118 Å². The number of benzene rings is 11. The van der Waals surface area contributed by atoms with E-state index in [4.69, 9.17) is 0 Å². The lowest BCUT2D eigenvalue weighted by molar-refractivity contribution is 1.18. The summed E-state index contributed by atoms with van der Waals surface area (Å²) in [5, 5.41) is 15.2. The topological polar surface area (TPSA) is 4.93 Å². The van der Waals surface area contributed by atoms with Crippen molar-refractivity contribution in [3.05, 3.63) is 212 Å². The molecule has 0 radical (unpaired) electrons. The molecule has 0 bridgehead atoms. The number of nitrogens with zero attached hydrogens (tertiary/aromatic N) is 1. The van der Waals surface area contributed by atoms with E-state index in [2.05, 4.69) is 217 Å². The maximum atomic E-state index is 2.46. The summed E-state index contributed by atoms with van der Waals surface area (Å²) in [5.41, 5.74) is 11.0. The molecule has 0 spiro atoms. The molecule has 0 N–H and O–H groups in total. The highest BCUT2D eigenvalue weighted by Gasteiger charge is 2.21. The van der Waals surface area contributed by atoms with Crippen LogP contribution in [0.1, 0.15) is 0 Å². The van der Waals surface area contributed by atoms with Crippen LogP contribution in [0.5, 0.6) is 0 Å². The van der Waals surface area contributed by atoms with Crippen LogP contribution in [0, 0.1) is 0 Å². The van der Waals surface area contributed by atoms with Gasteiger partial charge < -0.3 is 4.57 Å². The molecular weight excluding hydrogens is 687 g/mol. The monoisotopic (exact) mass is 721 g/mol. The lowest BCUT2D eigenvalue weighted by atomic mass is 9.85. The standard InChI is InChI=1S/C56H35N/c1-2-17-42(18-3-1)57-51-33-32-37-15-6-7-19-43(37)55(51)56-45-21-9-8-20-44(45)50(35-52(56)57)38-27-29-39(30-28-38)53-46-22-10-12-24-48(46)54(49-25-13-11-23-47(49)53)41-31-26-36-14-4-5-16-40(36)34-41/h1-35H. The van der Waals surface area contributed by atoms with Crippen molar-refractivity contribution >= 4 is 75.7 Å². The molecule has 1 aromatic heterocycles. The first-order valence-electron chi connectivity index (χ1n) is 19.8. The second-order valence-corrected chi connectivity index (χ2v) is 15.2. The lowest BCUT2D eigenvalue weighted by Crippen LogP contribution is -1.94. The first-order chi connectivity index (χ1) is 28.3. The van der Waals surface area contributed by atoms with Gasteiger partial charge in [0, 0.05) is 16.5 Å². The summed E-state index contributed by atoms with van der Waals surface area (Å²) in [7, 11) is 0. The fraction of sp³-hybridized carbons (Fsp3) is 0. The molecule has 0 saturated heterocycles. The van der Waals surface area contributed by atoms with E-state index in [1.54, 1.807) is 0 Å². The van der Waals surface area contributed by atoms with Crippen LogP contribution >= 0.6 is 0 Å². The predicted molar refractivity (Wildman–Crippen MR) is 245 cm³/mol. The van der Waals surface area contributed by atoms with E-state index < -0.39 is 0 Å². The number of hydrogen-bond donors (Lipinski definition) is 0. The second kappa shape index (κ2) is 12.5. The average molecular weight is 722 g/mol. The van der Waals surface area contributed by atoms with Crippen molar-refractivity contribution in [2.24, 2.45) is 0 Å². The summed E-state index contributed by atoms with van der Waals surface area (Å²) in [5.74, 6) is 0. The second-order valence-electron chi connectivity index (χ2n) is 15.2. The van der Waals surface area contributed by atoms with Crippen molar-refractivity contribution in [1.29, 1.82) is 0 Å². The summed E-state index contributed by atoms with van der Waals surface area (Å²) in [6, 6.07) is 78.3. The zero-order valence-corrected chi connectivity index (χ0v) is 31.2. The molecule has 0 atom stereocenters. The van der Waals surface area contributed by atoms with Gasteiger partial charge in [-0.25, -0.2) is 0 Å². The minimum atomic E-state index is 1.16. The Balaban J connectivity index is 1.09. The molecule has 0 saturated carbocycles. The third-order valence-electron chi connectivity index (χ3n) is 12.1. The zero-order chi connectivity index (χ0) is 37.5. The van der Waals surface area contributed by atoms with Gasteiger partial charge in [0.25, 0.3) is 0 Å². The van der Waals surface area contributed by atoms with Crippen LogP contribution in [-0.4, -0.2) is 4.57 Å². The van der Waals surface area contributed by atoms with Crippen molar-refractivity contribution in [2.75, 3.05) is 0 Å². The molecule has 0 amide bonds. The van der Waals surface area contributed by atoms with E-state index in [1.807, 2.05) is 0 Å². The predicted octanol–water partition coefficient (Wildman–Crippen LogP) is 15.6. The van der Waals surface area contributed by atoms with Gasteiger partial charge in [0.15, 0.2) is 0 Å². The Labute approximate surface area is 330 Å². The molecule has 0 fully saturated rings. The van der Waals surface area contributed by atoms with Crippen LogP contribution in [0.15, 0.2) is 212 Å². The van der Waals surface area contributed by atoms with Crippen molar-refractivity contribution in [2.45, 2.75) is 0 Å². The van der Waals surface area contributed by atoms with Gasteiger partial charge in [-0.1, -0.05) is 182 Å². The van der Waals surface area contributed by atoms with Gasteiger partial charge in [-0.15, -0.1) is 0 Å². The number of rotatable bonds is 4. The van der Waals surface area contributed by atoms with Crippen LogP contribution in [0.25, 0.3) is 115 Å². The third kappa shape index (κ3) is 4.83. The first-order valence-corrected chi connectivity index (χ1v) is 19.8.